The molecule has 0 radical (unpaired) electrons. The molecular weight excluding hydrogens is 434 g/mol. The molecule has 3 amide bonds. The summed E-state index contributed by atoms with van der Waals surface area (Å²) in [6.45, 7) is 5.47. The molecule has 184 valence electrons. The van der Waals surface area contributed by atoms with Crippen LogP contribution in [0.25, 0.3) is 0 Å². The Morgan fingerprint density at radius 1 is 1.09 bits per heavy atom. The number of esters is 1. The Hall–Kier alpha value is -2.91. The number of hydrogen-bond donors (Lipinski definition) is 3. The number of piperidine rings is 2. The smallest absolute Gasteiger partial charge is 0.338 e. The van der Waals surface area contributed by atoms with E-state index in [0.29, 0.717) is 43.7 Å². The van der Waals surface area contributed by atoms with Crippen molar-refractivity contribution < 1.29 is 19.1 Å². The molecule has 1 aromatic rings. The Morgan fingerprint density at radius 2 is 1.74 bits per heavy atom. The van der Waals surface area contributed by atoms with Crippen LogP contribution in [-0.4, -0.2) is 73.1 Å². The SMILES string of the molecule is COC(=O)C1=C(CN2CCC(C(N)=O)(N3CCCCC3)CC2)NC(=O)NC1c1ccc(C)cc1. The summed E-state index contributed by atoms with van der Waals surface area (Å²) in [6.07, 6.45) is 4.65. The first kappa shape index (κ1) is 24.2. The Labute approximate surface area is 200 Å². The van der Waals surface area contributed by atoms with Gasteiger partial charge in [0.2, 0.25) is 5.91 Å². The van der Waals surface area contributed by atoms with Gasteiger partial charge in [0.1, 0.15) is 5.54 Å². The molecule has 0 spiro atoms. The van der Waals surface area contributed by atoms with Gasteiger partial charge in [-0.05, 0) is 51.3 Å². The summed E-state index contributed by atoms with van der Waals surface area (Å²) in [5.41, 5.74) is 8.14. The van der Waals surface area contributed by atoms with Crippen molar-refractivity contribution in [2.75, 3.05) is 39.8 Å². The number of benzene rings is 1. The molecule has 3 aliphatic rings. The quantitative estimate of drug-likeness (QED) is 0.545. The van der Waals surface area contributed by atoms with Crippen LogP contribution in [0, 0.1) is 6.92 Å². The predicted octanol–water partition coefficient (Wildman–Crippen LogP) is 1.58. The fourth-order valence-corrected chi connectivity index (χ4v) is 5.45. The first-order valence-corrected chi connectivity index (χ1v) is 12.1. The van der Waals surface area contributed by atoms with Gasteiger partial charge in [-0.15, -0.1) is 0 Å². The first-order chi connectivity index (χ1) is 16.3. The van der Waals surface area contributed by atoms with E-state index in [1.54, 1.807) is 0 Å². The molecular formula is C25H35N5O4. The molecule has 3 heterocycles. The molecule has 4 rings (SSSR count). The maximum atomic E-state index is 12.8. The van der Waals surface area contributed by atoms with Gasteiger partial charge < -0.3 is 21.1 Å². The third-order valence-corrected chi connectivity index (χ3v) is 7.45. The van der Waals surface area contributed by atoms with Gasteiger partial charge in [-0.3, -0.25) is 14.6 Å². The van der Waals surface area contributed by atoms with Crippen LogP contribution in [0.2, 0.25) is 0 Å². The van der Waals surface area contributed by atoms with Gasteiger partial charge in [0.05, 0.1) is 18.7 Å². The van der Waals surface area contributed by atoms with Crippen LogP contribution >= 0.6 is 0 Å². The highest BCUT2D eigenvalue weighted by Crippen LogP contribution is 2.33. The summed E-state index contributed by atoms with van der Waals surface area (Å²) >= 11 is 0. The second-order valence-corrected chi connectivity index (χ2v) is 9.55. The molecule has 0 aliphatic carbocycles. The lowest BCUT2D eigenvalue weighted by Crippen LogP contribution is -2.63. The number of rotatable bonds is 6. The van der Waals surface area contributed by atoms with E-state index >= 15 is 0 Å². The van der Waals surface area contributed by atoms with Crippen molar-refractivity contribution in [2.45, 2.75) is 50.6 Å². The molecule has 3 aliphatic heterocycles. The summed E-state index contributed by atoms with van der Waals surface area (Å²) in [5, 5.41) is 5.69. The average Bonchev–Trinajstić information content (AvgIpc) is 2.84. The van der Waals surface area contributed by atoms with E-state index in [1.165, 1.54) is 13.5 Å². The molecule has 2 saturated heterocycles. The number of carbonyl (C=O) groups is 3. The van der Waals surface area contributed by atoms with E-state index in [1.807, 2.05) is 31.2 Å². The maximum Gasteiger partial charge on any atom is 0.338 e. The monoisotopic (exact) mass is 469 g/mol. The second-order valence-electron chi connectivity index (χ2n) is 9.55. The topological polar surface area (TPSA) is 117 Å². The van der Waals surface area contributed by atoms with E-state index < -0.39 is 17.6 Å². The molecule has 4 N–H and O–H groups in total. The minimum absolute atomic E-state index is 0.252. The van der Waals surface area contributed by atoms with Crippen LogP contribution in [0.3, 0.4) is 0 Å². The summed E-state index contributed by atoms with van der Waals surface area (Å²) in [7, 11) is 1.34. The number of carbonyl (C=O) groups excluding carboxylic acids is 3. The van der Waals surface area contributed by atoms with E-state index in [-0.39, 0.29) is 11.9 Å². The number of methoxy groups -OCH3 is 1. The lowest BCUT2D eigenvalue weighted by atomic mass is 9.83. The minimum atomic E-state index is -0.613. The first-order valence-electron chi connectivity index (χ1n) is 12.1. The summed E-state index contributed by atoms with van der Waals surface area (Å²) < 4.78 is 5.09. The molecule has 0 aromatic heterocycles. The number of aryl methyl sites for hydroxylation is 1. The molecule has 34 heavy (non-hydrogen) atoms. The average molecular weight is 470 g/mol. The van der Waals surface area contributed by atoms with Crippen molar-refractivity contribution in [3.8, 4) is 0 Å². The second kappa shape index (κ2) is 10.1. The Morgan fingerprint density at radius 3 is 2.32 bits per heavy atom. The standard InChI is InChI=1S/C25H35N5O4/c1-17-6-8-18(9-7-17)21-20(22(31)34-2)19(27-24(33)28-21)16-29-14-10-25(11-15-29,23(26)32)30-12-4-3-5-13-30/h6-9,21H,3-5,10-16H2,1-2H3,(H2,26,32)(H2,27,28,33). The molecule has 1 atom stereocenters. The number of nitrogens with two attached hydrogens (primary N) is 1. The molecule has 0 saturated carbocycles. The molecule has 1 unspecified atom stereocenters. The van der Waals surface area contributed by atoms with Crippen LogP contribution in [0.1, 0.15) is 49.3 Å². The third-order valence-electron chi connectivity index (χ3n) is 7.45. The maximum absolute atomic E-state index is 12.8. The zero-order valence-electron chi connectivity index (χ0n) is 20.1. The van der Waals surface area contributed by atoms with Gasteiger partial charge in [-0.1, -0.05) is 36.2 Å². The Kier molecular flexibility index (Phi) is 7.23. The molecule has 1 aromatic carbocycles. The van der Waals surface area contributed by atoms with Crippen LogP contribution in [-0.2, 0) is 14.3 Å². The normalized spacial score (nSPS) is 23.7. The summed E-state index contributed by atoms with van der Waals surface area (Å²) in [5.74, 6) is -0.733. The van der Waals surface area contributed by atoms with Gasteiger partial charge in [-0.2, -0.15) is 0 Å². The molecule has 9 heteroatoms. The lowest BCUT2D eigenvalue weighted by molar-refractivity contribution is -0.136. The zero-order chi connectivity index (χ0) is 24.3. The van der Waals surface area contributed by atoms with E-state index in [0.717, 1.165) is 37.1 Å². The van der Waals surface area contributed by atoms with Crippen LogP contribution in [0.4, 0.5) is 4.79 Å². The number of likely N-dealkylation sites (tertiary alicyclic amines) is 2. The number of nitrogens with one attached hydrogen (secondary N) is 2. The Bertz CT molecular complexity index is 960. The van der Waals surface area contributed by atoms with Crippen molar-refractivity contribution in [1.82, 2.24) is 20.4 Å². The van der Waals surface area contributed by atoms with Crippen molar-refractivity contribution in [1.29, 1.82) is 0 Å². The fraction of sp³-hybridized carbons (Fsp3) is 0.560. The highest BCUT2D eigenvalue weighted by atomic mass is 16.5. The number of hydrogen-bond acceptors (Lipinski definition) is 6. The highest BCUT2D eigenvalue weighted by Gasteiger charge is 2.45. The molecule has 0 bridgehead atoms. The fourth-order valence-electron chi connectivity index (χ4n) is 5.45. The van der Waals surface area contributed by atoms with Gasteiger partial charge in [-0.25, -0.2) is 9.59 Å². The van der Waals surface area contributed by atoms with Crippen LogP contribution < -0.4 is 16.4 Å². The summed E-state index contributed by atoms with van der Waals surface area (Å²) in [6, 6.07) is 6.77. The van der Waals surface area contributed by atoms with Crippen LogP contribution in [0.15, 0.2) is 35.5 Å². The van der Waals surface area contributed by atoms with Crippen LogP contribution in [0.5, 0.6) is 0 Å². The number of urea groups is 1. The van der Waals surface area contributed by atoms with Crippen molar-refractivity contribution in [3.05, 3.63) is 46.7 Å². The number of amides is 3. The van der Waals surface area contributed by atoms with E-state index in [9.17, 15) is 14.4 Å². The number of ether oxygens (including phenoxy) is 1. The number of nitrogens with zero attached hydrogens (tertiary/aromatic N) is 2. The Balaban J connectivity index is 1.56. The predicted molar refractivity (Wildman–Crippen MR) is 128 cm³/mol. The highest BCUT2D eigenvalue weighted by molar-refractivity contribution is 5.95. The van der Waals surface area contributed by atoms with Crippen molar-refractivity contribution >= 4 is 17.9 Å². The number of primary amides is 1. The van der Waals surface area contributed by atoms with Crippen molar-refractivity contribution in [2.24, 2.45) is 5.73 Å². The van der Waals surface area contributed by atoms with Gasteiger partial charge >= 0.3 is 12.0 Å². The molecule has 2 fully saturated rings. The van der Waals surface area contributed by atoms with Crippen molar-refractivity contribution in [3.63, 3.8) is 0 Å². The summed E-state index contributed by atoms with van der Waals surface area (Å²) in [4.78, 5) is 42.3. The van der Waals surface area contributed by atoms with Gasteiger partial charge in [0, 0.05) is 25.3 Å². The van der Waals surface area contributed by atoms with Gasteiger partial charge in [0.15, 0.2) is 0 Å². The van der Waals surface area contributed by atoms with E-state index in [2.05, 4.69) is 20.4 Å². The largest absolute Gasteiger partial charge is 0.466 e. The zero-order valence-corrected chi connectivity index (χ0v) is 20.1. The van der Waals surface area contributed by atoms with E-state index in [4.69, 9.17) is 10.5 Å². The minimum Gasteiger partial charge on any atom is -0.466 e. The van der Waals surface area contributed by atoms with Gasteiger partial charge in [0.25, 0.3) is 0 Å². The molecule has 9 nitrogen and oxygen atoms in total. The lowest BCUT2D eigenvalue weighted by Gasteiger charge is -2.48. The third kappa shape index (κ3) is 4.81.